The van der Waals surface area contributed by atoms with Crippen molar-refractivity contribution in [2.24, 2.45) is 0 Å². The Labute approximate surface area is 124 Å². The summed E-state index contributed by atoms with van der Waals surface area (Å²) in [7, 11) is 0. The molecule has 0 saturated heterocycles. The average molecular weight is 281 g/mol. The highest BCUT2D eigenvalue weighted by Crippen LogP contribution is 2.36. The van der Waals surface area contributed by atoms with Gasteiger partial charge in [0.15, 0.2) is 0 Å². The molecule has 2 aromatic carbocycles. The first-order valence-corrected chi connectivity index (χ1v) is 7.78. The van der Waals surface area contributed by atoms with Crippen LogP contribution < -0.4 is 5.32 Å². The summed E-state index contributed by atoms with van der Waals surface area (Å²) >= 11 is 1.89. The first kappa shape index (κ1) is 13.2. The van der Waals surface area contributed by atoms with Crippen LogP contribution in [0, 0.1) is 13.8 Å². The van der Waals surface area contributed by atoms with Gasteiger partial charge < -0.3 is 5.32 Å². The van der Waals surface area contributed by atoms with Crippen LogP contribution in [-0.4, -0.2) is 0 Å². The number of benzene rings is 2. The molecule has 1 heterocycles. The monoisotopic (exact) mass is 281 g/mol. The number of para-hydroxylation sites is 1. The second-order valence-electron chi connectivity index (χ2n) is 5.27. The highest BCUT2D eigenvalue weighted by atomic mass is 32.1. The number of fused-ring (bicyclic) bond motifs is 1. The third-order valence-corrected chi connectivity index (χ3v) is 5.25. The minimum absolute atomic E-state index is 0.327. The third kappa shape index (κ3) is 2.32. The number of aryl methyl sites for hydroxylation is 2. The molecule has 0 fully saturated rings. The number of nitrogens with one attached hydrogen (secondary N) is 1. The van der Waals surface area contributed by atoms with Gasteiger partial charge >= 0.3 is 0 Å². The van der Waals surface area contributed by atoms with E-state index in [0.29, 0.717) is 6.04 Å². The van der Waals surface area contributed by atoms with Crippen LogP contribution in [0.15, 0.2) is 48.5 Å². The molecule has 1 N–H and O–H groups in total. The van der Waals surface area contributed by atoms with Crippen molar-refractivity contribution in [2.75, 3.05) is 5.32 Å². The van der Waals surface area contributed by atoms with Gasteiger partial charge in [-0.05, 0) is 49.4 Å². The number of rotatable bonds is 3. The van der Waals surface area contributed by atoms with Gasteiger partial charge in [-0.3, -0.25) is 0 Å². The van der Waals surface area contributed by atoms with Crippen molar-refractivity contribution in [3.63, 3.8) is 0 Å². The van der Waals surface area contributed by atoms with Crippen LogP contribution in [0.3, 0.4) is 0 Å². The lowest BCUT2D eigenvalue weighted by molar-refractivity contribution is 0.898. The van der Waals surface area contributed by atoms with Gasteiger partial charge in [-0.25, -0.2) is 0 Å². The van der Waals surface area contributed by atoms with Gasteiger partial charge in [-0.2, -0.15) is 0 Å². The Balaban J connectivity index is 1.95. The zero-order valence-corrected chi connectivity index (χ0v) is 12.9. The Morgan fingerprint density at radius 3 is 2.40 bits per heavy atom. The summed E-state index contributed by atoms with van der Waals surface area (Å²) in [5, 5.41) is 5.02. The molecule has 1 aromatic heterocycles. The van der Waals surface area contributed by atoms with Gasteiger partial charge in [0, 0.05) is 15.3 Å². The summed E-state index contributed by atoms with van der Waals surface area (Å²) in [6.45, 7) is 6.61. The topological polar surface area (TPSA) is 12.0 Å². The Bertz CT molecular complexity index is 742. The van der Waals surface area contributed by atoms with Crippen LogP contribution in [0.4, 0.5) is 5.69 Å². The highest BCUT2D eigenvalue weighted by molar-refractivity contribution is 7.19. The van der Waals surface area contributed by atoms with Crippen LogP contribution in [0.2, 0.25) is 0 Å². The molecule has 0 radical (unpaired) electrons. The number of hydrogen-bond donors (Lipinski definition) is 1. The number of hydrogen-bond acceptors (Lipinski definition) is 2. The SMILES string of the molecule is Cc1ccccc1NC(C)c1sc2ccccc2c1C. The van der Waals surface area contributed by atoms with Crippen LogP contribution in [-0.2, 0) is 0 Å². The quantitative estimate of drug-likeness (QED) is 0.650. The van der Waals surface area contributed by atoms with Crippen molar-refractivity contribution in [1.29, 1.82) is 0 Å². The molecule has 1 nitrogen and oxygen atoms in total. The predicted molar refractivity (Wildman–Crippen MR) is 89.8 cm³/mol. The molecular weight excluding hydrogens is 262 g/mol. The summed E-state index contributed by atoms with van der Waals surface area (Å²) in [6.07, 6.45) is 0. The van der Waals surface area contributed by atoms with Crippen molar-refractivity contribution >= 4 is 27.1 Å². The molecule has 1 unspecified atom stereocenters. The minimum atomic E-state index is 0.327. The Morgan fingerprint density at radius 1 is 0.950 bits per heavy atom. The molecule has 2 heteroatoms. The van der Waals surface area contributed by atoms with Crippen molar-refractivity contribution in [2.45, 2.75) is 26.8 Å². The molecule has 0 amide bonds. The lowest BCUT2D eigenvalue weighted by Gasteiger charge is -2.16. The Morgan fingerprint density at radius 2 is 1.65 bits per heavy atom. The smallest absolute Gasteiger partial charge is 0.0581 e. The lowest BCUT2D eigenvalue weighted by atomic mass is 10.1. The second-order valence-corrected chi connectivity index (χ2v) is 6.35. The molecule has 0 saturated carbocycles. The molecular formula is C18H19NS. The molecule has 0 bridgehead atoms. The first-order valence-electron chi connectivity index (χ1n) is 6.97. The van der Waals surface area contributed by atoms with Gasteiger partial charge in [0.2, 0.25) is 0 Å². The van der Waals surface area contributed by atoms with Crippen LogP contribution in [0.25, 0.3) is 10.1 Å². The number of anilines is 1. The van der Waals surface area contributed by atoms with Gasteiger partial charge in [-0.15, -0.1) is 11.3 Å². The zero-order valence-electron chi connectivity index (χ0n) is 12.1. The van der Waals surface area contributed by atoms with E-state index >= 15 is 0 Å². The second kappa shape index (κ2) is 5.29. The van der Waals surface area contributed by atoms with E-state index in [2.05, 4.69) is 74.6 Å². The molecule has 3 aromatic rings. The summed E-state index contributed by atoms with van der Waals surface area (Å²) in [6, 6.07) is 17.4. The van der Waals surface area contributed by atoms with Crippen LogP contribution in [0.5, 0.6) is 0 Å². The van der Waals surface area contributed by atoms with E-state index in [1.54, 1.807) is 0 Å². The minimum Gasteiger partial charge on any atom is -0.377 e. The van der Waals surface area contributed by atoms with Crippen LogP contribution >= 0.6 is 11.3 Å². The largest absolute Gasteiger partial charge is 0.377 e. The normalized spacial score (nSPS) is 12.6. The summed E-state index contributed by atoms with van der Waals surface area (Å²) < 4.78 is 1.37. The van der Waals surface area contributed by atoms with E-state index < -0.39 is 0 Å². The first-order chi connectivity index (χ1) is 9.66. The maximum atomic E-state index is 3.64. The van der Waals surface area contributed by atoms with Crippen molar-refractivity contribution in [3.05, 3.63) is 64.5 Å². The molecule has 0 aliphatic heterocycles. The van der Waals surface area contributed by atoms with Gasteiger partial charge in [-0.1, -0.05) is 36.4 Å². The molecule has 102 valence electrons. The predicted octanol–water partition coefficient (Wildman–Crippen LogP) is 5.69. The van der Waals surface area contributed by atoms with Crippen molar-refractivity contribution in [3.8, 4) is 0 Å². The Hall–Kier alpha value is -1.80. The lowest BCUT2D eigenvalue weighted by Crippen LogP contribution is -2.07. The summed E-state index contributed by atoms with van der Waals surface area (Å²) in [5.41, 5.74) is 3.91. The van der Waals surface area contributed by atoms with E-state index in [1.807, 2.05) is 11.3 Å². The fourth-order valence-corrected chi connectivity index (χ4v) is 3.85. The fourth-order valence-electron chi connectivity index (χ4n) is 2.64. The fraction of sp³-hybridized carbons (Fsp3) is 0.222. The average Bonchev–Trinajstić information content (AvgIpc) is 2.79. The molecule has 3 rings (SSSR count). The van der Waals surface area contributed by atoms with Crippen molar-refractivity contribution < 1.29 is 0 Å². The van der Waals surface area contributed by atoms with E-state index in [1.165, 1.54) is 31.8 Å². The maximum absolute atomic E-state index is 3.64. The van der Waals surface area contributed by atoms with Gasteiger partial charge in [0.1, 0.15) is 0 Å². The molecule has 0 aliphatic rings. The maximum Gasteiger partial charge on any atom is 0.0581 e. The van der Waals surface area contributed by atoms with E-state index in [4.69, 9.17) is 0 Å². The van der Waals surface area contributed by atoms with E-state index in [-0.39, 0.29) is 0 Å². The van der Waals surface area contributed by atoms with Crippen molar-refractivity contribution in [1.82, 2.24) is 0 Å². The standard InChI is InChI=1S/C18H19NS/c1-12-8-4-6-10-16(12)19-14(3)18-13(2)15-9-5-7-11-17(15)20-18/h4-11,14,19H,1-3H3. The van der Waals surface area contributed by atoms with Crippen LogP contribution in [0.1, 0.15) is 29.0 Å². The van der Waals surface area contributed by atoms with E-state index in [0.717, 1.165) is 0 Å². The zero-order chi connectivity index (χ0) is 14.1. The molecule has 20 heavy (non-hydrogen) atoms. The van der Waals surface area contributed by atoms with Gasteiger partial charge in [0.05, 0.1) is 6.04 Å². The van der Waals surface area contributed by atoms with Gasteiger partial charge in [0.25, 0.3) is 0 Å². The Kier molecular flexibility index (Phi) is 3.49. The van der Waals surface area contributed by atoms with E-state index in [9.17, 15) is 0 Å². The third-order valence-electron chi connectivity index (χ3n) is 3.79. The number of thiophene rings is 1. The summed E-state index contributed by atoms with van der Waals surface area (Å²) in [4.78, 5) is 1.43. The summed E-state index contributed by atoms with van der Waals surface area (Å²) in [5.74, 6) is 0. The molecule has 0 spiro atoms. The highest BCUT2D eigenvalue weighted by Gasteiger charge is 2.14. The molecule has 1 atom stereocenters. The molecule has 0 aliphatic carbocycles.